The molecule has 0 spiro atoms. The van der Waals surface area contributed by atoms with Crippen molar-refractivity contribution in [1.29, 1.82) is 0 Å². The van der Waals surface area contributed by atoms with Crippen LogP contribution in [0.15, 0.2) is 54.7 Å². The van der Waals surface area contributed by atoms with Gasteiger partial charge in [0.05, 0.1) is 11.0 Å². The summed E-state index contributed by atoms with van der Waals surface area (Å²) in [6, 6.07) is 15.4. The number of fused-ring (bicyclic) bond motifs is 1. The lowest BCUT2D eigenvalue weighted by atomic mass is 10.2. The molecule has 2 aromatic heterocycles. The number of nitro groups is 1. The maximum atomic E-state index is 12.4. The number of hydrogen-bond donors (Lipinski definition) is 1. The largest absolute Gasteiger partial charge is 0.381 e. The molecule has 1 N–H and O–H groups in total. The van der Waals surface area contributed by atoms with Crippen LogP contribution in [0.1, 0.15) is 12.2 Å². The Morgan fingerprint density at radius 3 is 2.70 bits per heavy atom. The second kappa shape index (κ2) is 7.78. The summed E-state index contributed by atoms with van der Waals surface area (Å²) in [5, 5.41) is 13.7. The van der Waals surface area contributed by atoms with Crippen molar-refractivity contribution in [2.45, 2.75) is 19.9 Å². The van der Waals surface area contributed by atoms with Gasteiger partial charge in [-0.25, -0.2) is 4.98 Å². The van der Waals surface area contributed by atoms with E-state index in [-0.39, 0.29) is 18.1 Å². The first kappa shape index (κ1) is 19.3. The molecular weight excluding hydrogens is 384 g/mol. The highest BCUT2D eigenvalue weighted by Gasteiger charge is 2.16. The van der Waals surface area contributed by atoms with Crippen LogP contribution in [0.4, 0.5) is 11.5 Å². The summed E-state index contributed by atoms with van der Waals surface area (Å²) < 4.78 is 3.62. The number of carbonyl (C=O) groups excluding carboxylic acids is 1. The van der Waals surface area contributed by atoms with E-state index < -0.39 is 4.92 Å². The molecule has 0 bridgehead atoms. The molecule has 0 aliphatic carbocycles. The average Bonchev–Trinajstić information content (AvgIpc) is 3.27. The standard InChI is InChI=1S/C21H20N6O3/c1-14-22-19(27(29)30)13-26(14)11-10-20(28)23-16-7-5-6-15(12-16)21-24-17-8-3-4-9-18(17)25(21)2/h3-9,12-13H,10-11H2,1-2H3,(H,23,28). The van der Waals surface area contributed by atoms with Crippen LogP contribution in [-0.4, -0.2) is 29.9 Å². The fraction of sp³-hybridized carbons (Fsp3) is 0.190. The number of aryl methyl sites for hydroxylation is 3. The summed E-state index contributed by atoms with van der Waals surface area (Å²) in [5.41, 5.74) is 3.51. The predicted molar refractivity (Wildman–Crippen MR) is 113 cm³/mol. The lowest BCUT2D eigenvalue weighted by Gasteiger charge is -2.08. The van der Waals surface area contributed by atoms with Crippen LogP contribution in [0, 0.1) is 17.0 Å². The highest BCUT2D eigenvalue weighted by molar-refractivity contribution is 5.91. The number of aromatic nitrogens is 4. The Hall–Kier alpha value is -4.01. The maximum absolute atomic E-state index is 12.4. The molecule has 0 radical (unpaired) electrons. The molecule has 4 rings (SSSR count). The molecule has 2 aromatic carbocycles. The average molecular weight is 404 g/mol. The molecule has 0 aliphatic heterocycles. The van der Waals surface area contributed by atoms with E-state index in [2.05, 4.69) is 15.3 Å². The zero-order valence-electron chi connectivity index (χ0n) is 16.6. The molecule has 0 atom stereocenters. The van der Waals surface area contributed by atoms with Crippen LogP contribution in [0.2, 0.25) is 0 Å². The van der Waals surface area contributed by atoms with Crippen molar-refractivity contribution in [1.82, 2.24) is 19.1 Å². The van der Waals surface area contributed by atoms with Crippen molar-refractivity contribution in [3.8, 4) is 11.4 Å². The van der Waals surface area contributed by atoms with Crippen molar-refractivity contribution in [3.63, 3.8) is 0 Å². The van der Waals surface area contributed by atoms with Crippen LogP contribution in [0.25, 0.3) is 22.4 Å². The minimum absolute atomic E-state index is 0.172. The molecule has 0 aliphatic rings. The predicted octanol–water partition coefficient (Wildman–Crippen LogP) is 3.68. The van der Waals surface area contributed by atoms with E-state index in [4.69, 9.17) is 0 Å². The SMILES string of the molecule is Cc1nc([N+](=O)[O-])cn1CCC(=O)Nc1cccc(-c2nc3ccccc3n2C)c1. The molecular formula is C21H20N6O3. The first-order valence-corrected chi connectivity index (χ1v) is 9.42. The molecule has 9 heteroatoms. The van der Waals surface area contributed by atoms with Gasteiger partial charge in [0.15, 0.2) is 0 Å². The molecule has 30 heavy (non-hydrogen) atoms. The first-order chi connectivity index (χ1) is 14.4. The number of para-hydroxylation sites is 2. The van der Waals surface area contributed by atoms with Gasteiger partial charge in [0.25, 0.3) is 0 Å². The third kappa shape index (κ3) is 3.77. The minimum atomic E-state index is -0.546. The third-order valence-electron chi connectivity index (χ3n) is 4.92. The smallest absolute Gasteiger partial charge is 0.358 e. The van der Waals surface area contributed by atoms with E-state index in [1.807, 2.05) is 60.1 Å². The van der Waals surface area contributed by atoms with Crippen molar-refractivity contribution >= 4 is 28.4 Å². The third-order valence-corrected chi connectivity index (χ3v) is 4.92. The van der Waals surface area contributed by atoms with Gasteiger partial charge in [-0.3, -0.25) is 4.79 Å². The highest BCUT2D eigenvalue weighted by Crippen LogP contribution is 2.25. The molecule has 1 amide bonds. The number of nitrogens with one attached hydrogen (secondary N) is 1. The van der Waals surface area contributed by atoms with Gasteiger partial charge in [0, 0.05) is 38.2 Å². The Morgan fingerprint density at radius 2 is 1.97 bits per heavy atom. The summed E-state index contributed by atoms with van der Waals surface area (Å²) in [5.74, 6) is 0.906. The van der Waals surface area contributed by atoms with E-state index >= 15 is 0 Å². The first-order valence-electron chi connectivity index (χ1n) is 9.42. The van der Waals surface area contributed by atoms with E-state index in [0.717, 1.165) is 22.4 Å². The number of anilines is 1. The van der Waals surface area contributed by atoms with Gasteiger partial charge in [-0.15, -0.1) is 0 Å². The van der Waals surface area contributed by atoms with Gasteiger partial charge < -0.3 is 24.6 Å². The Morgan fingerprint density at radius 1 is 1.17 bits per heavy atom. The second-order valence-corrected chi connectivity index (χ2v) is 6.96. The van der Waals surface area contributed by atoms with Gasteiger partial charge in [0.1, 0.15) is 12.0 Å². The fourth-order valence-corrected chi connectivity index (χ4v) is 3.39. The van der Waals surface area contributed by atoms with Crippen LogP contribution >= 0.6 is 0 Å². The van der Waals surface area contributed by atoms with Crippen LogP contribution in [0.5, 0.6) is 0 Å². The van der Waals surface area contributed by atoms with Gasteiger partial charge in [0.2, 0.25) is 11.7 Å². The number of imidazole rings is 2. The van der Waals surface area contributed by atoms with Crippen molar-refractivity contribution in [3.05, 3.63) is 70.7 Å². The number of rotatable bonds is 6. The van der Waals surface area contributed by atoms with E-state index in [1.54, 1.807) is 11.5 Å². The Labute approximate surface area is 172 Å². The van der Waals surface area contributed by atoms with Crippen molar-refractivity contribution in [2.24, 2.45) is 7.05 Å². The fourth-order valence-electron chi connectivity index (χ4n) is 3.39. The van der Waals surface area contributed by atoms with Gasteiger partial charge in [-0.05, 0) is 34.2 Å². The summed E-state index contributed by atoms with van der Waals surface area (Å²) in [7, 11) is 1.96. The van der Waals surface area contributed by atoms with E-state index in [1.165, 1.54) is 6.20 Å². The molecule has 9 nitrogen and oxygen atoms in total. The number of carbonyl (C=O) groups is 1. The Balaban J connectivity index is 1.47. The summed E-state index contributed by atoms with van der Waals surface area (Å²) >= 11 is 0. The molecule has 0 saturated heterocycles. The van der Waals surface area contributed by atoms with Crippen LogP contribution in [-0.2, 0) is 18.4 Å². The number of benzene rings is 2. The molecule has 0 unspecified atom stereocenters. The molecule has 0 fully saturated rings. The number of amides is 1. The zero-order chi connectivity index (χ0) is 21.3. The normalized spacial score (nSPS) is 11.0. The highest BCUT2D eigenvalue weighted by atomic mass is 16.6. The second-order valence-electron chi connectivity index (χ2n) is 6.96. The van der Waals surface area contributed by atoms with Crippen LogP contribution < -0.4 is 5.32 Å². The van der Waals surface area contributed by atoms with Gasteiger partial charge >= 0.3 is 5.82 Å². The van der Waals surface area contributed by atoms with Crippen molar-refractivity contribution < 1.29 is 9.72 Å². The minimum Gasteiger partial charge on any atom is -0.358 e. The monoisotopic (exact) mass is 404 g/mol. The topological polar surface area (TPSA) is 108 Å². The molecule has 4 aromatic rings. The maximum Gasteiger partial charge on any atom is 0.381 e. The Bertz CT molecular complexity index is 1260. The van der Waals surface area contributed by atoms with Gasteiger partial charge in [-0.1, -0.05) is 24.3 Å². The van der Waals surface area contributed by atoms with E-state index in [9.17, 15) is 14.9 Å². The lowest BCUT2D eigenvalue weighted by molar-refractivity contribution is -0.389. The summed E-state index contributed by atoms with van der Waals surface area (Å²) in [6.45, 7) is 1.98. The lowest BCUT2D eigenvalue weighted by Crippen LogP contribution is -2.14. The summed E-state index contributed by atoms with van der Waals surface area (Å²) in [4.78, 5) is 31.2. The number of hydrogen-bond acceptors (Lipinski definition) is 5. The van der Waals surface area contributed by atoms with E-state index in [0.29, 0.717) is 18.1 Å². The Kier molecular flexibility index (Phi) is 5.01. The zero-order valence-corrected chi connectivity index (χ0v) is 16.6. The molecule has 152 valence electrons. The molecule has 2 heterocycles. The molecule has 0 saturated carbocycles. The number of nitrogens with zero attached hydrogens (tertiary/aromatic N) is 5. The van der Waals surface area contributed by atoms with Crippen LogP contribution in [0.3, 0.4) is 0 Å². The van der Waals surface area contributed by atoms with Crippen molar-refractivity contribution in [2.75, 3.05) is 5.32 Å². The van der Waals surface area contributed by atoms with Gasteiger partial charge in [-0.2, -0.15) is 0 Å². The quantitative estimate of drug-likeness (QED) is 0.390. The summed E-state index contributed by atoms with van der Waals surface area (Å²) in [6.07, 6.45) is 1.51.